The lowest BCUT2D eigenvalue weighted by molar-refractivity contribution is -0.139. The quantitative estimate of drug-likeness (QED) is 0.747. The molecule has 16 heavy (non-hydrogen) atoms. The minimum atomic E-state index is -0.931. The average Bonchev–Trinajstić information content (AvgIpc) is 2.63. The molecule has 0 unspecified atom stereocenters. The zero-order chi connectivity index (χ0) is 12.7. The molecule has 5 nitrogen and oxygen atoms in total. The van der Waals surface area contributed by atoms with Gasteiger partial charge in [0.1, 0.15) is 6.04 Å². The number of nitrogens with two attached hydrogens (primary N) is 1. The van der Waals surface area contributed by atoms with Crippen LogP contribution in [-0.2, 0) is 4.79 Å². The maximum absolute atomic E-state index is 10.0. The van der Waals surface area contributed by atoms with Crippen molar-refractivity contribution < 1.29 is 9.90 Å². The number of nitrogens with zero attached hydrogens (tertiary/aromatic N) is 2. The van der Waals surface area contributed by atoms with Crippen LogP contribution in [0.1, 0.15) is 20.8 Å². The van der Waals surface area contributed by atoms with Crippen molar-refractivity contribution in [1.82, 2.24) is 9.80 Å². The van der Waals surface area contributed by atoms with E-state index >= 15 is 0 Å². The molecular formula is C11H23N3O2. The van der Waals surface area contributed by atoms with Crippen molar-refractivity contribution in [1.29, 1.82) is 0 Å². The van der Waals surface area contributed by atoms with E-state index in [1.807, 2.05) is 0 Å². The number of aliphatic carboxylic acids is 1. The monoisotopic (exact) mass is 229 g/mol. The Balaban J connectivity index is 0.000000281. The highest BCUT2D eigenvalue weighted by Gasteiger charge is 2.14. The first-order chi connectivity index (χ1) is 7.38. The number of hydrogen-bond donors (Lipinski definition) is 2. The van der Waals surface area contributed by atoms with E-state index in [2.05, 4.69) is 36.2 Å². The number of hydrogen-bond acceptors (Lipinski definition) is 4. The van der Waals surface area contributed by atoms with Crippen molar-refractivity contribution in [3.63, 3.8) is 0 Å². The second kappa shape index (κ2) is 7.11. The van der Waals surface area contributed by atoms with Crippen LogP contribution < -0.4 is 5.73 Å². The van der Waals surface area contributed by atoms with Gasteiger partial charge in [0, 0.05) is 26.0 Å². The summed E-state index contributed by atoms with van der Waals surface area (Å²) in [6.07, 6.45) is 4.20. The summed E-state index contributed by atoms with van der Waals surface area (Å²) >= 11 is 0. The maximum Gasteiger partial charge on any atom is 0.320 e. The molecular weight excluding hydrogens is 206 g/mol. The SMILES string of the molecule is CC(C)[C@H](N)C(=O)O.CCN1C=CN(C)C1. The van der Waals surface area contributed by atoms with Gasteiger partial charge in [-0.1, -0.05) is 13.8 Å². The summed E-state index contributed by atoms with van der Waals surface area (Å²) in [5.41, 5.74) is 5.16. The molecule has 1 heterocycles. The van der Waals surface area contributed by atoms with E-state index < -0.39 is 12.0 Å². The Morgan fingerprint density at radius 3 is 2.19 bits per heavy atom. The summed E-state index contributed by atoms with van der Waals surface area (Å²) in [5, 5.41) is 8.23. The van der Waals surface area contributed by atoms with Crippen LogP contribution in [0, 0.1) is 5.92 Å². The number of carbonyl (C=O) groups is 1. The third kappa shape index (κ3) is 5.60. The first-order valence-electron chi connectivity index (χ1n) is 5.49. The highest BCUT2D eigenvalue weighted by Crippen LogP contribution is 2.00. The van der Waals surface area contributed by atoms with Gasteiger partial charge in [-0.05, 0) is 12.8 Å². The summed E-state index contributed by atoms with van der Waals surface area (Å²) in [4.78, 5) is 14.4. The Hall–Kier alpha value is -1.23. The largest absolute Gasteiger partial charge is 0.480 e. The van der Waals surface area contributed by atoms with Gasteiger partial charge < -0.3 is 20.6 Å². The summed E-state index contributed by atoms with van der Waals surface area (Å²) in [5.74, 6) is -0.910. The van der Waals surface area contributed by atoms with Crippen LogP contribution in [0.2, 0.25) is 0 Å². The summed E-state index contributed by atoms with van der Waals surface area (Å²) in [6.45, 7) is 7.87. The van der Waals surface area contributed by atoms with Crippen LogP contribution in [0.5, 0.6) is 0 Å². The van der Waals surface area contributed by atoms with E-state index in [-0.39, 0.29) is 5.92 Å². The molecule has 0 spiro atoms. The lowest BCUT2D eigenvalue weighted by Crippen LogP contribution is -2.34. The molecule has 0 aliphatic carbocycles. The topological polar surface area (TPSA) is 69.8 Å². The van der Waals surface area contributed by atoms with E-state index in [1.165, 1.54) is 0 Å². The molecule has 3 N–H and O–H groups in total. The summed E-state index contributed by atoms with van der Waals surface area (Å²) < 4.78 is 0. The van der Waals surface area contributed by atoms with Gasteiger partial charge in [0.25, 0.3) is 0 Å². The van der Waals surface area contributed by atoms with Crippen LogP contribution >= 0.6 is 0 Å². The fraction of sp³-hybridized carbons (Fsp3) is 0.727. The predicted octanol–water partition coefficient (Wildman–Crippen LogP) is 0.737. The van der Waals surface area contributed by atoms with Crippen LogP contribution in [0.4, 0.5) is 0 Å². The smallest absolute Gasteiger partial charge is 0.320 e. The van der Waals surface area contributed by atoms with Gasteiger partial charge >= 0.3 is 5.97 Å². The molecule has 0 saturated carbocycles. The van der Waals surface area contributed by atoms with Crippen LogP contribution in [0.15, 0.2) is 12.4 Å². The molecule has 0 radical (unpaired) electrons. The number of carboxylic acid groups (broad SMARTS) is 1. The van der Waals surface area contributed by atoms with Gasteiger partial charge in [0.2, 0.25) is 0 Å². The Morgan fingerprint density at radius 2 is 2.06 bits per heavy atom. The van der Waals surface area contributed by atoms with Crippen LogP contribution in [0.3, 0.4) is 0 Å². The zero-order valence-electron chi connectivity index (χ0n) is 10.6. The Bertz CT molecular complexity index is 241. The normalized spacial score (nSPS) is 16.1. The zero-order valence-corrected chi connectivity index (χ0v) is 10.6. The molecule has 94 valence electrons. The standard InChI is InChI=1S/C6H12N2.C5H11NO2/c1-3-8-5-4-7(2)6-8;1-3(2)4(6)5(7)8/h4-5H,3,6H2,1-2H3;3-4H,6H2,1-2H3,(H,7,8)/t;4-/m.0/s1. The molecule has 0 aromatic rings. The van der Waals surface area contributed by atoms with E-state index in [0.29, 0.717) is 0 Å². The molecule has 5 heteroatoms. The minimum absolute atomic E-state index is 0.0208. The van der Waals surface area contributed by atoms with Gasteiger partial charge in [-0.15, -0.1) is 0 Å². The van der Waals surface area contributed by atoms with Gasteiger partial charge in [-0.25, -0.2) is 0 Å². The second-order valence-electron chi connectivity index (χ2n) is 4.21. The van der Waals surface area contributed by atoms with Gasteiger partial charge in [-0.2, -0.15) is 0 Å². The van der Waals surface area contributed by atoms with Crippen LogP contribution in [0.25, 0.3) is 0 Å². The lowest BCUT2D eigenvalue weighted by Gasteiger charge is -2.14. The molecule has 0 fully saturated rings. The van der Waals surface area contributed by atoms with Crippen molar-refractivity contribution in [3.05, 3.63) is 12.4 Å². The minimum Gasteiger partial charge on any atom is -0.480 e. The molecule has 0 saturated heterocycles. The predicted molar refractivity (Wildman–Crippen MR) is 64.6 cm³/mol. The maximum atomic E-state index is 10.0. The van der Waals surface area contributed by atoms with Crippen molar-refractivity contribution in [2.24, 2.45) is 11.7 Å². The first kappa shape index (κ1) is 14.8. The molecule has 0 amide bonds. The van der Waals surface area contributed by atoms with E-state index in [4.69, 9.17) is 10.8 Å². The fourth-order valence-electron chi connectivity index (χ4n) is 1.08. The molecule has 1 rings (SSSR count). The van der Waals surface area contributed by atoms with Crippen molar-refractivity contribution in [3.8, 4) is 0 Å². The van der Waals surface area contributed by atoms with E-state index in [1.54, 1.807) is 13.8 Å². The number of rotatable bonds is 3. The lowest BCUT2D eigenvalue weighted by atomic mass is 10.1. The van der Waals surface area contributed by atoms with Crippen molar-refractivity contribution in [2.45, 2.75) is 26.8 Å². The van der Waals surface area contributed by atoms with E-state index in [9.17, 15) is 4.79 Å². The third-order valence-electron chi connectivity index (χ3n) is 2.35. The van der Waals surface area contributed by atoms with Crippen LogP contribution in [-0.4, -0.2) is 47.2 Å². The Labute approximate surface area is 97.5 Å². The van der Waals surface area contributed by atoms with Gasteiger partial charge in [0.05, 0.1) is 6.67 Å². The fourth-order valence-corrected chi connectivity index (χ4v) is 1.08. The van der Waals surface area contributed by atoms with Crippen molar-refractivity contribution >= 4 is 5.97 Å². The Morgan fingerprint density at radius 1 is 1.50 bits per heavy atom. The molecule has 1 atom stereocenters. The molecule has 0 bridgehead atoms. The van der Waals surface area contributed by atoms with E-state index in [0.717, 1.165) is 13.2 Å². The average molecular weight is 229 g/mol. The van der Waals surface area contributed by atoms with Gasteiger partial charge in [0.15, 0.2) is 0 Å². The summed E-state index contributed by atoms with van der Waals surface area (Å²) in [6, 6.07) is -0.713. The molecule has 1 aliphatic heterocycles. The molecule has 0 aromatic carbocycles. The van der Waals surface area contributed by atoms with Crippen molar-refractivity contribution in [2.75, 3.05) is 20.3 Å². The highest BCUT2D eigenvalue weighted by atomic mass is 16.4. The molecule has 1 aliphatic rings. The first-order valence-corrected chi connectivity index (χ1v) is 5.49. The third-order valence-corrected chi connectivity index (χ3v) is 2.35. The molecule has 0 aromatic heterocycles. The highest BCUT2D eigenvalue weighted by molar-refractivity contribution is 5.73. The van der Waals surface area contributed by atoms with Gasteiger partial charge in [-0.3, -0.25) is 4.79 Å². The Kier molecular flexibility index (Phi) is 6.56. The summed E-state index contributed by atoms with van der Waals surface area (Å²) in [7, 11) is 2.08. The number of carboxylic acids is 1. The second-order valence-corrected chi connectivity index (χ2v) is 4.21.